The maximum absolute atomic E-state index is 11.2. The van der Waals surface area contributed by atoms with E-state index in [0.29, 0.717) is 23.8 Å². The van der Waals surface area contributed by atoms with Gasteiger partial charge in [0.15, 0.2) is 12.6 Å². The average molecular weight is 342 g/mol. The number of benzene rings is 2. The number of rotatable bonds is 9. The highest BCUT2D eigenvalue weighted by Crippen LogP contribution is 2.23. The van der Waals surface area contributed by atoms with E-state index < -0.39 is 6.29 Å². The fraction of sp³-hybridized carbons (Fsp3) is 0.381. The summed E-state index contributed by atoms with van der Waals surface area (Å²) in [7, 11) is 1.57. The van der Waals surface area contributed by atoms with Gasteiger partial charge in [0, 0.05) is 5.56 Å². The summed E-state index contributed by atoms with van der Waals surface area (Å²) in [5.41, 5.74) is 2.67. The fourth-order valence-corrected chi connectivity index (χ4v) is 2.48. The van der Waals surface area contributed by atoms with Gasteiger partial charge in [-0.1, -0.05) is 32.0 Å². The van der Waals surface area contributed by atoms with E-state index in [0.717, 1.165) is 24.0 Å². The molecule has 0 fully saturated rings. The molecule has 2 aromatic rings. The molecule has 0 aliphatic rings. The average Bonchev–Trinajstić information content (AvgIpc) is 2.66. The summed E-state index contributed by atoms with van der Waals surface area (Å²) >= 11 is 0. The molecule has 0 amide bonds. The number of aldehydes is 1. The maximum Gasteiger partial charge on any atom is 0.197 e. The van der Waals surface area contributed by atoms with Crippen LogP contribution in [-0.4, -0.2) is 19.7 Å². The number of carbonyl (C=O) groups excluding carboxylic acids is 1. The SMILES string of the molecule is CCC(C)c1ccc(OC(C)OCc2ccc(OC)cc2C=O)cc1. The van der Waals surface area contributed by atoms with Gasteiger partial charge in [0.05, 0.1) is 13.7 Å². The van der Waals surface area contributed by atoms with Gasteiger partial charge in [-0.15, -0.1) is 0 Å². The lowest BCUT2D eigenvalue weighted by atomic mass is 9.99. The van der Waals surface area contributed by atoms with Crippen LogP contribution >= 0.6 is 0 Å². The van der Waals surface area contributed by atoms with E-state index in [2.05, 4.69) is 26.0 Å². The van der Waals surface area contributed by atoms with Gasteiger partial charge < -0.3 is 14.2 Å². The molecule has 2 rings (SSSR count). The third kappa shape index (κ3) is 5.33. The summed E-state index contributed by atoms with van der Waals surface area (Å²) in [4.78, 5) is 11.2. The minimum absolute atomic E-state index is 0.296. The van der Waals surface area contributed by atoms with E-state index in [4.69, 9.17) is 14.2 Å². The van der Waals surface area contributed by atoms with Gasteiger partial charge in [0.2, 0.25) is 0 Å². The Hall–Kier alpha value is -2.33. The van der Waals surface area contributed by atoms with Crippen molar-refractivity contribution >= 4 is 6.29 Å². The molecule has 0 radical (unpaired) electrons. The summed E-state index contributed by atoms with van der Waals surface area (Å²) < 4.78 is 16.6. The highest BCUT2D eigenvalue weighted by molar-refractivity contribution is 5.78. The van der Waals surface area contributed by atoms with Gasteiger partial charge in [-0.3, -0.25) is 4.79 Å². The van der Waals surface area contributed by atoms with Crippen molar-refractivity contribution in [3.8, 4) is 11.5 Å². The smallest absolute Gasteiger partial charge is 0.197 e. The molecule has 0 aliphatic carbocycles. The van der Waals surface area contributed by atoms with Crippen LogP contribution in [0.2, 0.25) is 0 Å². The molecular weight excluding hydrogens is 316 g/mol. The minimum atomic E-state index is -0.420. The Bertz CT molecular complexity index is 679. The normalized spacial score (nSPS) is 13.1. The van der Waals surface area contributed by atoms with Gasteiger partial charge in [-0.25, -0.2) is 0 Å². The first-order chi connectivity index (χ1) is 12.1. The topological polar surface area (TPSA) is 44.8 Å². The van der Waals surface area contributed by atoms with Crippen LogP contribution < -0.4 is 9.47 Å². The van der Waals surface area contributed by atoms with Crippen molar-refractivity contribution in [3.05, 3.63) is 59.2 Å². The number of carbonyl (C=O) groups is 1. The van der Waals surface area contributed by atoms with Gasteiger partial charge in [0.25, 0.3) is 0 Å². The van der Waals surface area contributed by atoms with Gasteiger partial charge in [0.1, 0.15) is 11.5 Å². The first-order valence-electron chi connectivity index (χ1n) is 8.57. The molecule has 25 heavy (non-hydrogen) atoms. The van der Waals surface area contributed by atoms with E-state index >= 15 is 0 Å². The molecule has 134 valence electrons. The molecule has 0 N–H and O–H groups in total. The summed E-state index contributed by atoms with van der Waals surface area (Å²) in [6.07, 6.45) is 1.50. The molecule has 2 unspecified atom stereocenters. The first-order valence-corrected chi connectivity index (χ1v) is 8.57. The Balaban J connectivity index is 1.92. The lowest BCUT2D eigenvalue weighted by Crippen LogP contribution is -2.16. The number of methoxy groups -OCH3 is 1. The molecule has 0 aromatic heterocycles. The molecule has 0 aliphatic heterocycles. The summed E-state index contributed by atoms with van der Waals surface area (Å²) in [5.74, 6) is 1.96. The second-order valence-corrected chi connectivity index (χ2v) is 6.06. The third-order valence-corrected chi connectivity index (χ3v) is 4.32. The lowest BCUT2D eigenvalue weighted by molar-refractivity contribution is -0.0760. The van der Waals surface area contributed by atoms with Crippen molar-refractivity contribution in [2.24, 2.45) is 0 Å². The highest BCUT2D eigenvalue weighted by atomic mass is 16.7. The molecule has 0 heterocycles. The first kappa shape index (κ1) is 19.0. The molecule has 2 atom stereocenters. The van der Waals surface area contributed by atoms with Gasteiger partial charge in [-0.05, 0) is 54.7 Å². The molecule has 4 heteroatoms. The third-order valence-electron chi connectivity index (χ3n) is 4.32. The van der Waals surface area contributed by atoms with Crippen LogP contribution in [0.25, 0.3) is 0 Å². The lowest BCUT2D eigenvalue weighted by Gasteiger charge is -2.17. The van der Waals surface area contributed by atoms with Gasteiger partial charge in [-0.2, -0.15) is 0 Å². The maximum atomic E-state index is 11.2. The van der Waals surface area contributed by atoms with Crippen molar-refractivity contribution in [1.29, 1.82) is 0 Å². The Labute approximate surface area is 149 Å². The van der Waals surface area contributed by atoms with Crippen LogP contribution in [0.15, 0.2) is 42.5 Å². The van der Waals surface area contributed by atoms with Crippen molar-refractivity contribution in [3.63, 3.8) is 0 Å². The minimum Gasteiger partial charge on any atom is -0.497 e. The molecule has 2 aromatic carbocycles. The molecule has 0 saturated carbocycles. The Morgan fingerprint density at radius 2 is 1.72 bits per heavy atom. The number of hydrogen-bond acceptors (Lipinski definition) is 4. The zero-order valence-corrected chi connectivity index (χ0v) is 15.3. The molecule has 0 spiro atoms. The Kier molecular flexibility index (Phi) is 7.02. The zero-order chi connectivity index (χ0) is 18.2. The molecule has 0 bridgehead atoms. The van der Waals surface area contributed by atoms with Crippen LogP contribution in [0.3, 0.4) is 0 Å². The van der Waals surface area contributed by atoms with Crippen molar-refractivity contribution in [2.45, 2.75) is 46.0 Å². The Morgan fingerprint density at radius 3 is 2.32 bits per heavy atom. The van der Waals surface area contributed by atoms with E-state index in [-0.39, 0.29) is 0 Å². The predicted octanol–water partition coefficient (Wildman–Crippen LogP) is 4.96. The highest BCUT2D eigenvalue weighted by Gasteiger charge is 2.09. The van der Waals surface area contributed by atoms with Crippen LogP contribution in [0.1, 0.15) is 54.6 Å². The standard InChI is InChI=1S/C21H26O4/c1-5-15(2)17-6-9-20(10-7-17)25-16(3)24-14-18-8-11-21(23-4)12-19(18)13-22/h6-13,15-16H,5,14H2,1-4H3. The monoisotopic (exact) mass is 342 g/mol. The fourth-order valence-electron chi connectivity index (χ4n) is 2.48. The number of hydrogen-bond donors (Lipinski definition) is 0. The summed E-state index contributed by atoms with van der Waals surface area (Å²) in [6, 6.07) is 13.4. The largest absolute Gasteiger partial charge is 0.497 e. The van der Waals surface area contributed by atoms with Crippen LogP contribution in [0, 0.1) is 0 Å². The second-order valence-electron chi connectivity index (χ2n) is 6.06. The van der Waals surface area contributed by atoms with Crippen LogP contribution in [0.4, 0.5) is 0 Å². The van der Waals surface area contributed by atoms with E-state index in [9.17, 15) is 4.79 Å². The summed E-state index contributed by atoms with van der Waals surface area (Å²) in [5, 5.41) is 0. The second kappa shape index (κ2) is 9.23. The predicted molar refractivity (Wildman–Crippen MR) is 98.4 cm³/mol. The number of ether oxygens (including phenoxy) is 3. The van der Waals surface area contributed by atoms with Crippen LogP contribution in [-0.2, 0) is 11.3 Å². The molecule has 4 nitrogen and oxygen atoms in total. The summed E-state index contributed by atoms with van der Waals surface area (Å²) in [6.45, 7) is 6.52. The quantitative estimate of drug-likeness (QED) is 0.477. The Morgan fingerprint density at radius 1 is 1.04 bits per heavy atom. The van der Waals surface area contributed by atoms with E-state index in [1.54, 1.807) is 13.2 Å². The van der Waals surface area contributed by atoms with E-state index in [1.807, 2.05) is 31.2 Å². The van der Waals surface area contributed by atoms with E-state index in [1.165, 1.54) is 5.56 Å². The van der Waals surface area contributed by atoms with Crippen molar-refractivity contribution < 1.29 is 19.0 Å². The van der Waals surface area contributed by atoms with Crippen LogP contribution in [0.5, 0.6) is 11.5 Å². The molecule has 0 saturated heterocycles. The van der Waals surface area contributed by atoms with Crippen molar-refractivity contribution in [1.82, 2.24) is 0 Å². The van der Waals surface area contributed by atoms with Gasteiger partial charge >= 0.3 is 0 Å². The zero-order valence-electron chi connectivity index (χ0n) is 15.3. The molecular formula is C21H26O4. The van der Waals surface area contributed by atoms with Crippen molar-refractivity contribution in [2.75, 3.05) is 7.11 Å².